The average molecular weight is 288 g/mol. The number of nitrogens with zero attached hydrogens (tertiary/aromatic N) is 1. The molecule has 0 radical (unpaired) electrons. The average Bonchev–Trinajstić information content (AvgIpc) is 2.47. The number of aryl methyl sites for hydroxylation is 1. The number of anilines is 1. The Bertz CT molecular complexity index is 430. The van der Waals surface area contributed by atoms with Crippen molar-refractivity contribution in [2.75, 3.05) is 18.0 Å². The first kappa shape index (κ1) is 16.4. The Morgan fingerprint density at radius 2 is 1.81 bits per heavy atom. The van der Waals surface area contributed by atoms with Crippen LogP contribution >= 0.6 is 0 Å². The standard InChI is InChI=1S/C19H32N2/c1-6-8-15-9-11-17(12-10-15)21-14-18(19(3,4)5)20-13-16(21)7-2/h9-12,16,18,20H,6-8,13-14H2,1-5H3. The Hall–Kier alpha value is -1.02. The second-order valence-corrected chi connectivity index (χ2v) is 7.46. The van der Waals surface area contributed by atoms with Gasteiger partial charge in [0.1, 0.15) is 0 Å². The summed E-state index contributed by atoms with van der Waals surface area (Å²) < 4.78 is 0. The number of nitrogens with one attached hydrogen (secondary N) is 1. The van der Waals surface area contributed by atoms with E-state index < -0.39 is 0 Å². The summed E-state index contributed by atoms with van der Waals surface area (Å²) in [5.41, 5.74) is 3.15. The molecule has 0 amide bonds. The highest BCUT2D eigenvalue weighted by atomic mass is 15.2. The number of hydrogen-bond acceptors (Lipinski definition) is 2. The van der Waals surface area contributed by atoms with Crippen LogP contribution in [0.5, 0.6) is 0 Å². The van der Waals surface area contributed by atoms with Gasteiger partial charge in [0.2, 0.25) is 0 Å². The van der Waals surface area contributed by atoms with Crippen LogP contribution in [0.1, 0.15) is 53.0 Å². The highest BCUT2D eigenvalue weighted by molar-refractivity contribution is 5.49. The fourth-order valence-corrected chi connectivity index (χ4v) is 3.20. The zero-order valence-electron chi connectivity index (χ0n) is 14.4. The van der Waals surface area contributed by atoms with Gasteiger partial charge in [-0.15, -0.1) is 0 Å². The lowest BCUT2D eigenvalue weighted by Crippen LogP contribution is -2.60. The molecule has 2 rings (SSSR count). The maximum Gasteiger partial charge on any atom is 0.0412 e. The van der Waals surface area contributed by atoms with Crippen molar-refractivity contribution in [3.8, 4) is 0 Å². The first-order valence-corrected chi connectivity index (χ1v) is 8.54. The molecule has 1 heterocycles. The van der Waals surface area contributed by atoms with E-state index in [4.69, 9.17) is 0 Å². The summed E-state index contributed by atoms with van der Waals surface area (Å²) in [5, 5.41) is 3.75. The van der Waals surface area contributed by atoms with Crippen LogP contribution in [0.4, 0.5) is 5.69 Å². The number of piperazine rings is 1. The van der Waals surface area contributed by atoms with Gasteiger partial charge in [0, 0.05) is 30.9 Å². The summed E-state index contributed by atoms with van der Waals surface area (Å²) in [7, 11) is 0. The first-order chi connectivity index (χ1) is 9.95. The van der Waals surface area contributed by atoms with Crippen LogP contribution in [0.15, 0.2) is 24.3 Å². The lowest BCUT2D eigenvalue weighted by atomic mass is 9.84. The van der Waals surface area contributed by atoms with Crippen LogP contribution in [-0.2, 0) is 6.42 Å². The minimum atomic E-state index is 0.305. The third-order valence-corrected chi connectivity index (χ3v) is 4.74. The van der Waals surface area contributed by atoms with Crippen LogP contribution in [0.25, 0.3) is 0 Å². The Morgan fingerprint density at radius 1 is 1.14 bits per heavy atom. The molecule has 0 aromatic heterocycles. The fraction of sp³-hybridized carbons (Fsp3) is 0.684. The van der Waals surface area contributed by atoms with E-state index in [9.17, 15) is 0 Å². The molecule has 2 nitrogen and oxygen atoms in total. The highest BCUT2D eigenvalue weighted by Crippen LogP contribution is 2.28. The Balaban J connectivity index is 2.16. The lowest BCUT2D eigenvalue weighted by molar-refractivity contribution is 0.233. The third kappa shape index (κ3) is 4.00. The molecular formula is C19H32N2. The second kappa shape index (κ2) is 6.83. The van der Waals surface area contributed by atoms with Crippen LogP contribution in [-0.4, -0.2) is 25.2 Å². The van der Waals surface area contributed by atoms with E-state index in [1.807, 2.05) is 0 Å². The Labute approximate surface area is 130 Å². The molecule has 1 saturated heterocycles. The van der Waals surface area contributed by atoms with Crippen molar-refractivity contribution in [1.82, 2.24) is 5.32 Å². The van der Waals surface area contributed by atoms with Gasteiger partial charge in [-0.2, -0.15) is 0 Å². The predicted octanol–water partition coefficient (Wildman–Crippen LogP) is 4.24. The van der Waals surface area contributed by atoms with Gasteiger partial charge in [0.05, 0.1) is 0 Å². The van der Waals surface area contributed by atoms with Gasteiger partial charge < -0.3 is 10.2 Å². The van der Waals surface area contributed by atoms with Crippen molar-refractivity contribution in [3.05, 3.63) is 29.8 Å². The molecule has 2 atom stereocenters. The predicted molar refractivity (Wildman–Crippen MR) is 93.1 cm³/mol. The van der Waals surface area contributed by atoms with Crippen molar-refractivity contribution in [3.63, 3.8) is 0 Å². The maximum atomic E-state index is 3.75. The molecule has 1 aliphatic rings. The molecule has 1 aromatic rings. The molecule has 0 bridgehead atoms. The molecular weight excluding hydrogens is 256 g/mol. The summed E-state index contributed by atoms with van der Waals surface area (Å²) >= 11 is 0. The van der Waals surface area contributed by atoms with Crippen LogP contribution in [0.2, 0.25) is 0 Å². The largest absolute Gasteiger partial charge is 0.366 e. The van der Waals surface area contributed by atoms with Crippen molar-refractivity contribution in [2.24, 2.45) is 5.41 Å². The molecule has 21 heavy (non-hydrogen) atoms. The molecule has 2 unspecified atom stereocenters. The molecule has 118 valence electrons. The Morgan fingerprint density at radius 3 is 2.33 bits per heavy atom. The normalized spacial score (nSPS) is 23.4. The van der Waals surface area contributed by atoms with E-state index in [-0.39, 0.29) is 0 Å². The summed E-state index contributed by atoms with van der Waals surface area (Å²) in [4.78, 5) is 2.61. The molecule has 1 fully saturated rings. The molecule has 1 N–H and O–H groups in total. The zero-order chi connectivity index (χ0) is 15.5. The van der Waals surface area contributed by atoms with Gasteiger partial charge in [-0.1, -0.05) is 53.2 Å². The van der Waals surface area contributed by atoms with Crippen molar-refractivity contribution >= 4 is 5.69 Å². The van der Waals surface area contributed by atoms with Crippen molar-refractivity contribution in [1.29, 1.82) is 0 Å². The fourth-order valence-electron chi connectivity index (χ4n) is 3.20. The molecule has 1 aromatic carbocycles. The minimum Gasteiger partial charge on any atom is -0.366 e. The van der Waals surface area contributed by atoms with Gasteiger partial charge in [-0.05, 0) is 36.0 Å². The van der Waals surface area contributed by atoms with Gasteiger partial charge in [0.15, 0.2) is 0 Å². The Kier molecular flexibility index (Phi) is 5.32. The maximum absolute atomic E-state index is 3.75. The summed E-state index contributed by atoms with van der Waals surface area (Å²) in [5.74, 6) is 0. The topological polar surface area (TPSA) is 15.3 Å². The zero-order valence-corrected chi connectivity index (χ0v) is 14.4. The van der Waals surface area contributed by atoms with E-state index in [1.54, 1.807) is 0 Å². The monoisotopic (exact) mass is 288 g/mol. The smallest absolute Gasteiger partial charge is 0.0412 e. The van der Waals surface area contributed by atoms with Crippen molar-refractivity contribution in [2.45, 2.75) is 66.0 Å². The number of benzene rings is 1. The van der Waals surface area contributed by atoms with Crippen LogP contribution in [0, 0.1) is 5.41 Å². The molecule has 2 heteroatoms. The van der Waals surface area contributed by atoms with Gasteiger partial charge in [-0.25, -0.2) is 0 Å². The third-order valence-electron chi connectivity index (χ3n) is 4.74. The van der Waals surface area contributed by atoms with Gasteiger partial charge >= 0.3 is 0 Å². The van der Waals surface area contributed by atoms with E-state index >= 15 is 0 Å². The lowest BCUT2D eigenvalue weighted by Gasteiger charge is -2.46. The molecule has 1 aliphatic heterocycles. The summed E-state index contributed by atoms with van der Waals surface area (Å²) in [6.45, 7) is 13.7. The minimum absolute atomic E-state index is 0.305. The molecule has 0 spiro atoms. The van der Waals surface area contributed by atoms with Crippen LogP contribution in [0.3, 0.4) is 0 Å². The molecule has 0 aliphatic carbocycles. The van der Waals surface area contributed by atoms with Gasteiger partial charge in [0.25, 0.3) is 0 Å². The second-order valence-electron chi connectivity index (χ2n) is 7.46. The number of hydrogen-bond donors (Lipinski definition) is 1. The van der Waals surface area contributed by atoms with E-state index in [0.717, 1.165) is 13.1 Å². The quantitative estimate of drug-likeness (QED) is 0.891. The van der Waals surface area contributed by atoms with E-state index in [0.29, 0.717) is 17.5 Å². The summed E-state index contributed by atoms with van der Waals surface area (Å²) in [6.07, 6.45) is 3.60. The molecule has 0 saturated carbocycles. The van der Waals surface area contributed by atoms with E-state index in [2.05, 4.69) is 69.1 Å². The first-order valence-electron chi connectivity index (χ1n) is 8.54. The van der Waals surface area contributed by atoms with Gasteiger partial charge in [-0.3, -0.25) is 0 Å². The van der Waals surface area contributed by atoms with E-state index in [1.165, 1.54) is 30.5 Å². The SMILES string of the molecule is CCCc1ccc(N2CC(C(C)(C)C)NCC2CC)cc1. The van der Waals surface area contributed by atoms with Crippen LogP contribution < -0.4 is 10.2 Å². The highest BCUT2D eigenvalue weighted by Gasteiger charge is 2.33. The number of rotatable bonds is 4. The summed E-state index contributed by atoms with van der Waals surface area (Å²) in [6, 6.07) is 10.4. The van der Waals surface area contributed by atoms with Crippen molar-refractivity contribution < 1.29 is 0 Å².